The second-order valence-corrected chi connectivity index (χ2v) is 6.42. The Hall–Kier alpha value is -1.77. The smallest absolute Gasteiger partial charge is 0.348 e. The highest BCUT2D eigenvalue weighted by atomic mass is 19.4. The number of alkyl halides is 6. The molecule has 0 fully saturated rings. The Morgan fingerprint density at radius 3 is 1.71 bits per heavy atom. The summed E-state index contributed by atoms with van der Waals surface area (Å²) >= 11 is 0. The Balaban J connectivity index is 3.30. The predicted molar refractivity (Wildman–Crippen MR) is 76.2 cm³/mol. The molecule has 0 unspecified atom stereocenters. The minimum atomic E-state index is -5.01. The maximum absolute atomic E-state index is 12.8. The monoisotopic (exact) mass is 356 g/mol. The lowest BCUT2D eigenvalue weighted by Crippen LogP contribution is -2.48. The SMILES string of the molecule is CC(C)(C)[C@@H](CN)NC(=O)c1cc(C(F)(F)F)cc(C(F)(F)F)c1. The van der Waals surface area contributed by atoms with Crippen LogP contribution in [0, 0.1) is 5.41 Å². The minimum absolute atomic E-state index is 0.0136. The Morgan fingerprint density at radius 2 is 1.42 bits per heavy atom. The van der Waals surface area contributed by atoms with Crippen LogP contribution in [0.5, 0.6) is 0 Å². The number of carbonyl (C=O) groups is 1. The van der Waals surface area contributed by atoms with Gasteiger partial charge < -0.3 is 11.1 Å². The number of nitrogens with two attached hydrogens (primary N) is 1. The van der Waals surface area contributed by atoms with Gasteiger partial charge in [-0.05, 0) is 23.6 Å². The summed E-state index contributed by atoms with van der Waals surface area (Å²) in [5, 5.41) is 2.38. The molecule has 0 aliphatic rings. The van der Waals surface area contributed by atoms with Gasteiger partial charge in [-0.15, -0.1) is 0 Å². The topological polar surface area (TPSA) is 55.1 Å². The van der Waals surface area contributed by atoms with Crippen molar-refractivity contribution in [2.24, 2.45) is 11.1 Å². The van der Waals surface area contributed by atoms with Crippen LogP contribution in [0.4, 0.5) is 26.3 Å². The fraction of sp³-hybridized carbons (Fsp3) is 0.533. The molecule has 0 bridgehead atoms. The lowest BCUT2D eigenvalue weighted by Gasteiger charge is -2.30. The van der Waals surface area contributed by atoms with Crippen molar-refractivity contribution in [2.75, 3.05) is 6.54 Å². The van der Waals surface area contributed by atoms with Gasteiger partial charge in [0.2, 0.25) is 0 Å². The summed E-state index contributed by atoms with van der Waals surface area (Å²) < 4.78 is 76.8. The third-order valence-electron chi connectivity index (χ3n) is 3.44. The molecule has 0 aliphatic carbocycles. The van der Waals surface area contributed by atoms with E-state index in [-0.39, 0.29) is 12.6 Å². The summed E-state index contributed by atoms with van der Waals surface area (Å²) in [5.41, 5.74) is 1.19. The summed E-state index contributed by atoms with van der Waals surface area (Å²) in [6.45, 7) is 5.19. The highest BCUT2D eigenvalue weighted by Gasteiger charge is 2.37. The van der Waals surface area contributed by atoms with E-state index in [1.165, 1.54) is 0 Å². The van der Waals surface area contributed by atoms with E-state index in [9.17, 15) is 31.1 Å². The molecule has 1 aromatic carbocycles. The third-order valence-corrected chi connectivity index (χ3v) is 3.44. The van der Waals surface area contributed by atoms with Gasteiger partial charge >= 0.3 is 12.4 Å². The van der Waals surface area contributed by atoms with E-state index in [2.05, 4.69) is 5.32 Å². The van der Waals surface area contributed by atoms with Gasteiger partial charge in [0.05, 0.1) is 11.1 Å². The number of halogens is 6. The Morgan fingerprint density at radius 1 is 1.00 bits per heavy atom. The van der Waals surface area contributed by atoms with Crippen molar-refractivity contribution in [1.29, 1.82) is 0 Å². The molecule has 1 atom stereocenters. The maximum Gasteiger partial charge on any atom is 0.416 e. The summed E-state index contributed by atoms with van der Waals surface area (Å²) in [4.78, 5) is 12.1. The van der Waals surface area contributed by atoms with E-state index in [1.54, 1.807) is 20.8 Å². The summed E-state index contributed by atoms with van der Waals surface area (Å²) in [7, 11) is 0. The first-order valence-corrected chi connectivity index (χ1v) is 6.96. The average Bonchev–Trinajstić information content (AvgIpc) is 2.40. The molecule has 1 rings (SSSR count). The van der Waals surface area contributed by atoms with Gasteiger partial charge in [0.25, 0.3) is 5.91 Å². The fourth-order valence-electron chi connectivity index (χ4n) is 1.96. The first-order chi connectivity index (χ1) is 10.7. The lowest BCUT2D eigenvalue weighted by molar-refractivity contribution is -0.143. The molecule has 136 valence electrons. The van der Waals surface area contributed by atoms with Crippen molar-refractivity contribution in [3.8, 4) is 0 Å². The van der Waals surface area contributed by atoms with E-state index in [0.717, 1.165) is 0 Å². The highest BCUT2D eigenvalue weighted by Crippen LogP contribution is 2.36. The number of carbonyl (C=O) groups excluding carboxylic acids is 1. The molecule has 0 radical (unpaired) electrons. The predicted octanol–water partition coefficient (Wildman–Crippen LogP) is 3.83. The summed E-state index contributed by atoms with van der Waals surface area (Å²) in [6.07, 6.45) is -10.0. The molecular weight excluding hydrogens is 338 g/mol. The fourth-order valence-corrected chi connectivity index (χ4v) is 1.96. The van der Waals surface area contributed by atoms with Crippen molar-refractivity contribution >= 4 is 5.91 Å². The maximum atomic E-state index is 12.8. The number of nitrogens with one attached hydrogen (secondary N) is 1. The van der Waals surface area contributed by atoms with Crippen LogP contribution in [0.15, 0.2) is 18.2 Å². The van der Waals surface area contributed by atoms with E-state index in [4.69, 9.17) is 5.73 Å². The molecule has 1 amide bonds. The normalized spacial score (nSPS) is 14.4. The van der Waals surface area contributed by atoms with Crippen molar-refractivity contribution in [2.45, 2.75) is 39.2 Å². The number of rotatable bonds is 3. The molecule has 3 N–H and O–H groups in total. The average molecular weight is 356 g/mol. The molecule has 0 saturated heterocycles. The van der Waals surface area contributed by atoms with Crippen molar-refractivity contribution in [3.05, 3.63) is 34.9 Å². The molecule has 0 heterocycles. The lowest BCUT2D eigenvalue weighted by atomic mass is 9.86. The van der Waals surface area contributed by atoms with Gasteiger partial charge in [-0.25, -0.2) is 0 Å². The van der Waals surface area contributed by atoms with Gasteiger partial charge in [0.1, 0.15) is 0 Å². The van der Waals surface area contributed by atoms with Crippen LogP contribution in [-0.2, 0) is 12.4 Å². The zero-order chi connectivity index (χ0) is 18.9. The van der Waals surface area contributed by atoms with Crippen LogP contribution in [0.2, 0.25) is 0 Å². The molecular formula is C15H18F6N2O. The van der Waals surface area contributed by atoms with E-state index in [0.29, 0.717) is 12.1 Å². The molecule has 3 nitrogen and oxygen atoms in total. The molecule has 0 aliphatic heterocycles. The first kappa shape index (κ1) is 20.3. The molecule has 0 aromatic heterocycles. The van der Waals surface area contributed by atoms with Crippen LogP contribution in [-0.4, -0.2) is 18.5 Å². The van der Waals surface area contributed by atoms with Gasteiger partial charge in [-0.1, -0.05) is 20.8 Å². The van der Waals surface area contributed by atoms with Crippen LogP contribution in [0.1, 0.15) is 42.3 Å². The quantitative estimate of drug-likeness (QED) is 0.809. The second kappa shape index (κ2) is 6.62. The largest absolute Gasteiger partial charge is 0.416 e. The van der Waals surface area contributed by atoms with Crippen LogP contribution in [0.25, 0.3) is 0 Å². The number of benzene rings is 1. The number of hydrogen-bond acceptors (Lipinski definition) is 2. The number of hydrogen-bond donors (Lipinski definition) is 2. The van der Waals surface area contributed by atoms with E-state index >= 15 is 0 Å². The molecule has 9 heteroatoms. The van der Waals surface area contributed by atoms with Gasteiger partial charge in [0, 0.05) is 18.2 Å². The summed E-state index contributed by atoms with van der Waals surface area (Å²) in [5.74, 6) is -1.04. The Kier molecular flexibility index (Phi) is 5.59. The zero-order valence-electron chi connectivity index (χ0n) is 13.3. The van der Waals surface area contributed by atoms with Crippen molar-refractivity contribution in [1.82, 2.24) is 5.32 Å². The van der Waals surface area contributed by atoms with Gasteiger partial charge in [0.15, 0.2) is 0 Å². The zero-order valence-corrected chi connectivity index (χ0v) is 13.3. The molecule has 24 heavy (non-hydrogen) atoms. The van der Waals surface area contributed by atoms with Crippen LogP contribution in [0.3, 0.4) is 0 Å². The van der Waals surface area contributed by atoms with Crippen molar-refractivity contribution in [3.63, 3.8) is 0 Å². The van der Waals surface area contributed by atoms with E-state index < -0.39 is 46.4 Å². The van der Waals surface area contributed by atoms with Gasteiger partial charge in [-0.2, -0.15) is 26.3 Å². The summed E-state index contributed by atoms with van der Waals surface area (Å²) in [6, 6.07) is 0.136. The van der Waals surface area contributed by atoms with Crippen LogP contribution >= 0.6 is 0 Å². The van der Waals surface area contributed by atoms with Crippen molar-refractivity contribution < 1.29 is 31.1 Å². The molecule has 0 spiro atoms. The van der Waals surface area contributed by atoms with E-state index in [1.807, 2.05) is 0 Å². The first-order valence-electron chi connectivity index (χ1n) is 6.96. The molecule has 1 aromatic rings. The molecule has 0 saturated carbocycles. The standard InChI is InChI=1S/C15H18F6N2O/c1-13(2,3)11(7-22)23-12(24)8-4-9(14(16,17)18)6-10(5-8)15(19,20)21/h4-6,11H,7,22H2,1-3H3,(H,23,24)/t11-/m1/s1. The Bertz CT molecular complexity index is 569. The van der Waals surface area contributed by atoms with Gasteiger partial charge in [-0.3, -0.25) is 4.79 Å². The second-order valence-electron chi connectivity index (χ2n) is 6.42. The number of amides is 1. The minimum Gasteiger partial charge on any atom is -0.348 e. The third kappa shape index (κ3) is 5.12. The Labute approximate surface area is 135 Å². The highest BCUT2D eigenvalue weighted by molar-refractivity contribution is 5.95. The van der Waals surface area contributed by atoms with Crippen LogP contribution < -0.4 is 11.1 Å².